The van der Waals surface area contributed by atoms with Gasteiger partial charge in [0, 0.05) is 11.8 Å². The SMILES string of the molecule is Nc1cc(Cl)c(F)cc1Nc1ccc(F)c(Br)c1. The lowest BCUT2D eigenvalue weighted by Crippen LogP contribution is -1.98. The fourth-order valence-electron chi connectivity index (χ4n) is 1.40. The number of nitrogens with two attached hydrogens (primary N) is 1. The average molecular weight is 334 g/mol. The first-order valence-corrected chi connectivity index (χ1v) is 6.11. The zero-order valence-corrected chi connectivity index (χ0v) is 11.3. The van der Waals surface area contributed by atoms with Crippen LogP contribution < -0.4 is 11.1 Å². The lowest BCUT2D eigenvalue weighted by atomic mass is 10.2. The first-order chi connectivity index (χ1) is 8.47. The normalized spacial score (nSPS) is 10.4. The summed E-state index contributed by atoms with van der Waals surface area (Å²) in [6.45, 7) is 0. The molecule has 0 spiro atoms. The third-order valence-electron chi connectivity index (χ3n) is 2.29. The van der Waals surface area contributed by atoms with Crippen LogP contribution in [0, 0.1) is 11.6 Å². The highest BCUT2D eigenvalue weighted by atomic mass is 79.9. The van der Waals surface area contributed by atoms with Crippen LogP contribution in [0.5, 0.6) is 0 Å². The molecule has 94 valence electrons. The summed E-state index contributed by atoms with van der Waals surface area (Å²) in [5.41, 5.74) is 6.96. The van der Waals surface area contributed by atoms with Crippen molar-refractivity contribution in [2.24, 2.45) is 0 Å². The summed E-state index contributed by atoms with van der Waals surface area (Å²) < 4.78 is 26.7. The highest BCUT2D eigenvalue weighted by molar-refractivity contribution is 9.10. The largest absolute Gasteiger partial charge is 0.397 e. The molecule has 0 amide bonds. The van der Waals surface area contributed by atoms with E-state index in [4.69, 9.17) is 17.3 Å². The highest BCUT2D eigenvalue weighted by Crippen LogP contribution is 2.30. The zero-order valence-electron chi connectivity index (χ0n) is 8.98. The molecular weight excluding hydrogens is 325 g/mol. The summed E-state index contributed by atoms with van der Waals surface area (Å²) in [6.07, 6.45) is 0. The topological polar surface area (TPSA) is 38.0 Å². The van der Waals surface area contributed by atoms with Gasteiger partial charge in [0.05, 0.1) is 20.9 Å². The van der Waals surface area contributed by atoms with Gasteiger partial charge >= 0.3 is 0 Å². The third kappa shape index (κ3) is 2.73. The predicted molar refractivity (Wildman–Crippen MR) is 73.2 cm³/mol. The molecule has 2 aromatic carbocycles. The summed E-state index contributed by atoms with van der Waals surface area (Å²) >= 11 is 8.66. The molecule has 0 aliphatic heterocycles. The molecule has 0 heterocycles. The molecule has 6 heteroatoms. The minimum Gasteiger partial charge on any atom is -0.397 e. The summed E-state index contributed by atoms with van der Waals surface area (Å²) in [5, 5.41) is 2.84. The van der Waals surface area contributed by atoms with Crippen molar-refractivity contribution in [2.75, 3.05) is 11.1 Å². The molecule has 0 fully saturated rings. The second-order valence-corrected chi connectivity index (χ2v) is 4.87. The van der Waals surface area contributed by atoms with Crippen LogP contribution in [0.4, 0.5) is 25.8 Å². The minimum absolute atomic E-state index is 0.0432. The number of nitrogens with one attached hydrogen (secondary N) is 1. The van der Waals surface area contributed by atoms with Crippen LogP contribution in [0.1, 0.15) is 0 Å². The Hall–Kier alpha value is -1.33. The fourth-order valence-corrected chi connectivity index (χ4v) is 1.95. The van der Waals surface area contributed by atoms with Crippen molar-refractivity contribution in [1.82, 2.24) is 0 Å². The number of benzene rings is 2. The molecule has 0 saturated carbocycles. The van der Waals surface area contributed by atoms with Gasteiger partial charge in [0.1, 0.15) is 11.6 Å². The van der Waals surface area contributed by atoms with E-state index in [9.17, 15) is 8.78 Å². The predicted octanol–water partition coefficient (Wildman–Crippen LogP) is 4.71. The Kier molecular flexibility index (Phi) is 3.73. The second kappa shape index (κ2) is 5.12. The second-order valence-electron chi connectivity index (χ2n) is 3.61. The molecule has 0 aliphatic rings. The van der Waals surface area contributed by atoms with E-state index in [1.807, 2.05) is 0 Å². The van der Waals surface area contributed by atoms with Gasteiger partial charge in [0.2, 0.25) is 0 Å². The summed E-state index contributed by atoms with van der Waals surface area (Å²) in [4.78, 5) is 0. The van der Waals surface area contributed by atoms with Crippen molar-refractivity contribution >= 4 is 44.6 Å². The smallest absolute Gasteiger partial charge is 0.144 e. The van der Waals surface area contributed by atoms with E-state index in [1.54, 1.807) is 0 Å². The van der Waals surface area contributed by atoms with Gasteiger partial charge in [-0.05, 0) is 40.2 Å². The Morgan fingerprint density at radius 1 is 1.11 bits per heavy atom. The Morgan fingerprint density at radius 3 is 2.50 bits per heavy atom. The Morgan fingerprint density at radius 2 is 1.83 bits per heavy atom. The van der Waals surface area contributed by atoms with Gasteiger partial charge in [-0.3, -0.25) is 0 Å². The number of nitrogen functional groups attached to an aromatic ring is 1. The first-order valence-electron chi connectivity index (χ1n) is 4.94. The third-order valence-corrected chi connectivity index (χ3v) is 3.19. The molecule has 0 unspecified atom stereocenters. The molecule has 3 N–H and O–H groups in total. The van der Waals surface area contributed by atoms with E-state index >= 15 is 0 Å². The van der Waals surface area contributed by atoms with Crippen molar-refractivity contribution in [3.05, 3.63) is 51.5 Å². The van der Waals surface area contributed by atoms with Gasteiger partial charge in [0.25, 0.3) is 0 Å². The Balaban J connectivity index is 2.34. The van der Waals surface area contributed by atoms with Crippen LogP contribution in [-0.2, 0) is 0 Å². The maximum atomic E-state index is 13.3. The van der Waals surface area contributed by atoms with Gasteiger partial charge in [-0.1, -0.05) is 11.6 Å². The summed E-state index contributed by atoms with van der Waals surface area (Å²) in [5.74, 6) is -0.953. The molecule has 0 bridgehead atoms. The molecule has 2 nitrogen and oxygen atoms in total. The van der Waals surface area contributed by atoms with Gasteiger partial charge in [0.15, 0.2) is 0 Å². The molecular formula is C12H8BrClF2N2. The Bertz CT molecular complexity index is 605. The van der Waals surface area contributed by atoms with E-state index in [0.29, 0.717) is 21.5 Å². The molecule has 2 aromatic rings. The van der Waals surface area contributed by atoms with E-state index in [-0.39, 0.29) is 10.8 Å². The summed E-state index contributed by atoms with van der Waals surface area (Å²) in [7, 11) is 0. The van der Waals surface area contributed by atoms with Crippen molar-refractivity contribution < 1.29 is 8.78 Å². The Labute approximate surface area is 116 Å². The van der Waals surface area contributed by atoms with Crippen molar-refractivity contribution in [3.8, 4) is 0 Å². The van der Waals surface area contributed by atoms with Crippen LogP contribution in [0.2, 0.25) is 5.02 Å². The van der Waals surface area contributed by atoms with Gasteiger partial charge in [-0.15, -0.1) is 0 Å². The van der Waals surface area contributed by atoms with E-state index in [0.717, 1.165) is 0 Å². The van der Waals surface area contributed by atoms with Crippen LogP contribution in [-0.4, -0.2) is 0 Å². The average Bonchev–Trinajstić information content (AvgIpc) is 2.31. The van der Waals surface area contributed by atoms with Crippen LogP contribution in [0.3, 0.4) is 0 Å². The number of halogens is 4. The maximum Gasteiger partial charge on any atom is 0.144 e. The molecule has 0 radical (unpaired) electrons. The number of hydrogen-bond donors (Lipinski definition) is 2. The molecule has 2 rings (SSSR count). The minimum atomic E-state index is -0.574. The van der Waals surface area contributed by atoms with Crippen molar-refractivity contribution in [2.45, 2.75) is 0 Å². The quantitative estimate of drug-likeness (QED) is 0.781. The molecule has 0 aliphatic carbocycles. The van der Waals surface area contributed by atoms with E-state index < -0.39 is 5.82 Å². The summed E-state index contributed by atoms with van der Waals surface area (Å²) in [6, 6.07) is 6.84. The molecule has 0 saturated heterocycles. The van der Waals surface area contributed by atoms with Crippen LogP contribution >= 0.6 is 27.5 Å². The number of rotatable bonds is 2. The first kappa shape index (κ1) is 13.1. The van der Waals surface area contributed by atoms with Crippen molar-refractivity contribution in [3.63, 3.8) is 0 Å². The van der Waals surface area contributed by atoms with Gasteiger partial charge in [-0.25, -0.2) is 8.78 Å². The number of anilines is 3. The van der Waals surface area contributed by atoms with Gasteiger partial charge < -0.3 is 11.1 Å². The van der Waals surface area contributed by atoms with Gasteiger partial charge in [-0.2, -0.15) is 0 Å². The van der Waals surface area contributed by atoms with Crippen LogP contribution in [0.25, 0.3) is 0 Å². The molecule has 0 aromatic heterocycles. The van der Waals surface area contributed by atoms with E-state index in [2.05, 4.69) is 21.2 Å². The van der Waals surface area contributed by atoms with Crippen LogP contribution in [0.15, 0.2) is 34.8 Å². The standard InChI is InChI=1S/C12H8BrClF2N2/c13-7-3-6(1-2-9(7)15)18-12-5-10(16)8(14)4-11(12)17/h1-5,18H,17H2. The zero-order chi connectivity index (χ0) is 13.3. The van der Waals surface area contributed by atoms with E-state index in [1.165, 1.54) is 30.3 Å². The monoisotopic (exact) mass is 332 g/mol. The fraction of sp³-hybridized carbons (Fsp3) is 0. The highest BCUT2D eigenvalue weighted by Gasteiger charge is 2.07. The maximum absolute atomic E-state index is 13.3. The lowest BCUT2D eigenvalue weighted by molar-refractivity contribution is 0.621. The molecule has 0 atom stereocenters. The lowest BCUT2D eigenvalue weighted by Gasteiger charge is -2.10. The molecule has 18 heavy (non-hydrogen) atoms. The number of hydrogen-bond acceptors (Lipinski definition) is 2. The van der Waals surface area contributed by atoms with Crippen molar-refractivity contribution in [1.29, 1.82) is 0 Å².